The number of nitrogens with one attached hydrogen (secondary N) is 1. The summed E-state index contributed by atoms with van der Waals surface area (Å²) in [6.45, 7) is 11.8. The minimum Gasteiger partial charge on any atom is -0.392 e. The van der Waals surface area contributed by atoms with Crippen molar-refractivity contribution in [3.05, 3.63) is 12.2 Å². The van der Waals surface area contributed by atoms with Gasteiger partial charge in [0.1, 0.15) is 0 Å². The van der Waals surface area contributed by atoms with Crippen LogP contribution in [0.2, 0.25) is 0 Å². The summed E-state index contributed by atoms with van der Waals surface area (Å²) in [7, 11) is 0. The summed E-state index contributed by atoms with van der Waals surface area (Å²) < 4.78 is 0. The summed E-state index contributed by atoms with van der Waals surface area (Å²) >= 11 is 0. The Labute approximate surface area is 88.4 Å². The maximum absolute atomic E-state index is 9.79. The maximum atomic E-state index is 9.79. The molecule has 0 bridgehead atoms. The monoisotopic (exact) mass is 199 g/mol. The van der Waals surface area contributed by atoms with Crippen molar-refractivity contribution in [3.8, 4) is 0 Å². The van der Waals surface area contributed by atoms with E-state index in [0.717, 1.165) is 25.8 Å². The summed E-state index contributed by atoms with van der Waals surface area (Å²) in [5, 5.41) is 13.0. The number of aliphatic hydroxyl groups is 1. The van der Waals surface area contributed by atoms with Crippen molar-refractivity contribution in [1.29, 1.82) is 0 Å². The smallest absolute Gasteiger partial charge is 0.0692 e. The van der Waals surface area contributed by atoms with Crippen LogP contribution < -0.4 is 5.32 Å². The molecule has 0 heterocycles. The van der Waals surface area contributed by atoms with Gasteiger partial charge < -0.3 is 10.4 Å². The van der Waals surface area contributed by atoms with Gasteiger partial charge in [-0.3, -0.25) is 0 Å². The Hall–Kier alpha value is -0.340. The molecule has 14 heavy (non-hydrogen) atoms. The zero-order valence-corrected chi connectivity index (χ0v) is 9.84. The van der Waals surface area contributed by atoms with Gasteiger partial charge in [-0.2, -0.15) is 0 Å². The molecule has 84 valence electrons. The molecule has 0 saturated heterocycles. The highest BCUT2D eigenvalue weighted by Gasteiger charge is 2.14. The van der Waals surface area contributed by atoms with Crippen LogP contribution in [0.15, 0.2) is 12.2 Å². The summed E-state index contributed by atoms with van der Waals surface area (Å²) in [6.07, 6.45) is 2.91. The van der Waals surface area contributed by atoms with Crippen molar-refractivity contribution in [3.63, 3.8) is 0 Å². The standard InChI is InChI=1S/C12H25NO/c1-5-11(6-2)12(14)9-13-8-7-10(3)4/h11-14H,3,5-9H2,1-2,4H3. The van der Waals surface area contributed by atoms with Crippen LogP contribution >= 0.6 is 0 Å². The fourth-order valence-corrected chi connectivity index (χ4v) is 1.55. The maximum Gasteiger partial charge on any atom is 0.0692 e. The van der Waals surface area contributed by atoms with Gasteiger partial charge in [0.05, 0.1) is 6.10 Å². The lowest BCUT2D eigenvalue weighted by atomic mass is 9.96. The highest BCUT2D eigenvalue weighted by atomic mass is 16.3. The molecule has 2 N–H and O–H groups in total. The van der Waals surface area contributed by atoms with Crippen molar-refractivity contribution < 1.29 is 5.11 Å². The van der Waals surface area contributed by atoms with E-state index < -0.39 is 0 Å². The summed E-state index contributed by atoms with van der Waals surface area (Å²) in [6, 6.07) is 0. The van der Waals surface area contributed by atoms with E-state index in [0.29, 0.717) is 12.5 Å². The molecule has 1 atom stereocenters. The Morgan fingerprint density at radius 3 is 2.36 bits per heavy atom. The SMILES string of the molecule is C=C(C)CCNCC(O)C(CC)CC. The number of aliphatic hydroxyl groups excluding tert-OH is 1. The first-order chi connectivity index (χ1) is 6.61. The molecule has 0 fully saturated rings. The molecular weight excluding hydrogens is 174 g/mol. The molecule has 0 rings (SSSR count). The molecule has 0 spiro atoms. The Morgan fingerprint density at radius 1 is 1.36 bits per heavy atom. The molecule has 2 heteroatoms. The molecular formula is C12H25NO. The molecule has 0 aromatic heterocycles. The average Bonchev–Trinajstić information content (AvgIpc) is 2.14. The van der Waals surface area contributed by atoms with Gasteiger partial charge in [0, 0.05) is 6.54 Å². The largest absolute Gasteiger partial charge is 0.392 e. The van der Waals surface area contributed by atoms with Gasteiger partial charge >= 0.3 is 0 Å². The summed E-state index contributed by atoms with van der Waals surface area (Å²) in [5.41, 5.74) is 1.19. The van der Waals surface area contributed by atoms with Gasteiger partial charge in [-0.05, 0) is 25.8 Å². The zero-order chi connectivity index (χ0) is 11.0. The quantitative estimate of drug-likeness (QED) is 0.464. The van der Waals surface area contributed by atoms with E-state index in [9.17, 15) is 5.11 Å². The van der Waals surface area contributed by atoms with Crippen LogP contribution in [-0.4, -0.2) is 24.3 Å². The molecule has 0 amide bonds. The van der Waals surface area contributed by atoms with Gasteiger partial charge in [-0.15, -0.1) is 6.58 Å². The number of rotatable bonds is 8. The lowest BCUT2D eigenvalue weighted by Gasteiger charge is -2.20. The van der Waals surface area contributed by atoms with Crippen molar-refractivity contribution in [2.24, 2.45) is 5.92 Å². The van der Waals surface area contributed by atoms with Crippen LogP contribution in [0.3, 0.4) is 0 Å². The molecule has 0 radical (unpaired) electrons. The van der Waals surface area contributed by atoms with Crippen LogP contribution in [-0.2, 0) is 0 Å². The Morgan fingerprint density at radius 2 is 1.93 bits per heavy atom. The molecule has 0 aromatic carbocycles. The molecule has 0 aliphatic carbocycles. The van der Waals surface area contributed by atoms with Crippen LogP contribution in [0.4, 0.5) is 0 Å². The van der Waals surface area contributed by atoms with Gasteiger partial charge in [-0.1, -0.05) is 32.3 Å². The van der Waals surface area contributed by atoms with E-state index in [1.165, 1.54) is 5.57 Å². The molecule has 1 unspecified atom stereocenters. The first-order valence-electron chi connectivity index (χ1n) is 5.64. The van der Waals surface area contributed by atoms with E-state index in [-0.39, 0.29) is 6.10 Å². The predicted molar refractivity (Wildman–Crippen MR) is 62.4 cm³/mol. The Bertz CT molecular complexity index is 152. The third-order valence-electron chi connectivity index (χ3n) is 2.67. The fraction of sp³-hybridized carbons (Fsp3) is 0.833. The second-order valence-electron chi connectivity index (χ2n) is 4.06. The zero-order valence-electron chi connectivity index (χ0n) is 9.84. The van der Waals surface area contributed by atoms with Gasteiger partial charge in [0.25, 0.3) is 0 Å². The molecule has 0 saturated carbocycles. The van der Waals surface area contributed by atoms with Crippen LogP contribution in [0, 0.1) is 5.92 Å². The average molecular weight is 199 g/mol. The Balaban J connectivity index is 3.51. The second-order valence-corrected chi connectivity index (χ2v) is 4.06. The van der Waals surface area contributed by atoms with Crippen LogP contribution in [0.5, 0.6) is 0 Å². The normalized spacial score (nSPS) is 13.2. The topological polar surface area (TPSA) is 32.3 Å². The third-order valence-corrected chi connectivity index (χ3v) is 2.67. The molecule has 0 aliphatic heterocycles. The number of hydrogen-bond donors (Lipinski definition) is 2. The van der Waals surface area contributed by atoms with E-state index in [1.807, 2.05) is 6.92 Å². The van der Waals surface area contributed by atoms with E-state index in [4.69, 9.17) is 0 Å². The highest BCUT2D eigenvalue weighted by Crippen LogP contribution is 2.12. The lowest BCUT2D eigenvalue weighted by molar-refractivity contribution is 0.102. The Kier molecular flexibility index (Phi) is 7.81. The lowest BCUT2D eigenvalue weighted by Crippen LogP contribution is -2.33. The predicted octanol–water partition coefficient (Wildman–Crippen LogP) is 2.34. The van der Waals surface area contributed by atoms with E-state index in [1.54, 1.807) is 0 Å². The third kappa shape index (κ3) is 6.17. The minimum atomic E-state index is -0.199. The molecule has 0 aromatic rings. The van der Waals surface area contributed by atoms with Crippen molar-refractivity contribution >= 4 is 0 Å². The van der Waals surface area contributed by atoms with Crippen molar-refractivity contribution in [2.75, 3.05) is 13.1 Å². The molecule has 0 aliphatic rings. The van der Waals surface area contributed by atoms with Gasteiger partial charge in [-0.25, -0.2) is 0 Å². The first-order valence-corrected chi connectivity index (χ1v) is 5.64. The van der Waals surface area contributed by atoms with Crippen LogP contribution in [0.1, 0.15) is 40.0 Å². The van der Waals surface area contributed by atoms with Crippen LogP contribution in [0.25, 0.3) is 0 Å². The molecule has 2 nitrogen and oxygen atoms in total. The van der Waals surface area contributed by atoms with E-state index in [2.05, 4.69) is 25.7 Å². The minimum absolute atomic E-state index is 0.199. The van der Waals surface area contributed by atoms with Crippen molar-refractivity contribution in [1.82, 2.24) is 5.32 Å². The number of hydrogen-bond acceptors (Lipinski definition) is 2. The summed E-state index contributed by atoms with van der Waals surface area (Å²) in [4.78, 5) is 0. The van der Waals surface area contributed by atoms with E-state index >= 15 is 0 Å². The second kappa shape index (κ2) is 8.01. The van der Waals surface area contributed by atoms with Crippen molar-refractivity contribution in [2.45, 2.75) is 46.1 Å². The van der Waals surface area contributed by atoms with Gasteiger partial charge in [0.15, 0.2) is 0 Å². The fourth-order valence-electron chi connectivity index (χ4n) is 1.55. The highest BCUT2D eigenvalue weighted by molar-refractivity contribution is 4.88. The first kappa shape index (κ1) is 13.7. The summed E-state index contributed by atoms with van der Waals surface area (Å²) in [5.74, 6) is 0.437. The van der Waals surface area contributed by atoms with Gasteiger partial charge in [0.2, 0.25) is 0 Å².